The van der Waals surface area contributed by atoms with Crippen molar-refractivity contribution in [3.63, 3.8) is 0 Å². The van der Waals surface area contributed by atoms with E-state index in [0.717, 1.165) is 45.1 Å². The molecule has 160 valence electrons. The summed E-state index contributed by atoms with van der Waals surface area (Å²) in [6.45, 7) is 8.86. The van der Waals surface area contributed by atoms with Crippen LogP contribution in [-0.4, -0.2) is 74.4 Å². The summed E-state index contributed by atoms with van der Waals surface area (Å²) in [6.07, 6.45) is 4.79. The summed E-state index contributed by atoms with van der Waals surface area (Å²) >= 11 is 0. The first-order valence-electron chi connectivity index (χ1n) is 10.2. The van der Waals surface area contributed by atoms with Crippen LogP contribution in [0.25, 0.3) is 0 Å². The van der Waals surface area contributed by atoms with Crippen LogP contribution in [0.4, 0.5) is 0 Å². The lowest BCUT2D eigenvalue weighted by atomic mass is 9.82. The molecule has 0 aliphatic carbocycles. The second-order valence-corrected chi connectivity index (χ2v) is 8.09. The minimum atomic E-state index is 0. The molecule has 3 aliphatic rings. The van der Waals surface area contributed by atoms with Gasteiger partial charge in [0.1, 0.15) is 5.75 Å². The average molecular weight is 432 g/mol. The Morgan fingerprint density at radius 1 is 1.14 bits per heavy atom. The highest BCUT2D eigenvalue weighted by molar-refractivity contribution is 5.85. The van der Waals surface area contributed by atoms with Gasteiger partial charge in [-0.15, -0.1) is 24.8 Å². The largest absolute Gasteiger partial charge is 0.497 e. The summed E-state index contributed by atoms with van der Waals surface area (Å²) in [7, 11) is 1.74. The first-order valence-corrected chi connectivity index (χ1v) is 10.2. The number of hydrogen-bond acceptors (Lipinski definition) is 5. The van der Waals surface area contributed by atoms with Crippen molar-refractivity contribution in [3.8, 4) is 5.75 Å². The van der Waals surface area contributed by atoms with Gasteiger partial charge in [0.2, 0.25) is 0 Å². The maximum atomic E-state index is 6.26. The van der Waals surface area contributed by atoms with Crippen molar-refractivity contribution in [3.05, 3.63) is 29.8 Å². The third kappa shape index (κ3) is 5.74. The van der Waals surface area contributed by atoms with E-state index in [-0.39, 0.29) is 30.4 Å². The van der Waals surface area contributed by atoms with Crippen LogP contribution >= 0.6 is 24.8 Å². The second-order valence-electron chi connectivity index (χ2n) is 8.09. The molecular formula is C21H35Cl2N3O2. The van der Waals surface area contributed by atoms with Crippen LogP contribution < -0.4 is 10.1 Å². The van der Waals surface area contributed by atoms with E-state index in [4.69, 9.17) is 9.47 Å². The number of hydrogen-bond donors (Lipinski definition) is 1. The number of halogens is 2. The molecule has 4 rings (SSSR count). The SMILES string of the molecule is COc1cccc(CN2CCN(C3CCOC4(CCNCC4)C3)CC2)c1.Cl.Cl. The van der Waals surface area contributed by atoms with Crippen molar-refractivity contribution < 1.29 is 9.47 Å². The van der Waals surface area contributed by atoms with Crippen molar-refractivity contribution >= 4 is 24.8 Å². The number of benzene rings is 1. The predicted molar refractivity (Wildman–Crippen MR) is 118 cm³/mol. The van der Waals surface area contributed by atoms with Crippen molar-refractivity contribution in [1.82, 2.24) is 15.1 Å². The molecule has 1 aromatic rings. The Morgan fingerprint density at radius 2 is 1.89 bits per heavy atom. The van der Waals surface area contributed by atoms with Crippen molar-refractivity contribution in [2.75, 3.05) is 53.0 Å². The number of piperidine rings is 1. The Balaban J connectivity index is 0.00000140. The number of ether oxygens (including phenoxy) is 2. The van der Waals surface area contributed by atoms with Gasteiger partial charge in [-0.2, -0.15) is 0 Å². The van der Waals surface area contributed by atoms with Gasteiger partial charge in [-0.05, 0) is 56.5 Å². The van der Waals surface area contributed by atoms with Crippen LogP contribution in [0.15, 0.2) is 24.3 Å². The Kier molecular flexibility index (Phi) is 9.32. The standard InChI is InChI=1S/C21H33N3O2.2ClH/c1-25-20-4-2-3-18(15-20)17-23-10-12-24(13-11-23)19-5-14-26-21(16-19)6-8-22-9-7-21;;/h2-4,15,19,22H,5-14,16-17H2,1H3;2*1H. The van der Waals surface area contributed by atoms with Crippen LogP contribution in [0, 0.1) is 0 Å². The molecule has 0 bridgehead atoms. The summed E-state index contributed by atoms with van der Waals surface area (Å²) in [6, 6.07) is 9.18. The van der Waals surface area contributed by atoms with Gasteiger partial charge >= 0.3 is 0 Å². The molecular weight excluding hydrogens is 397 g/mol. The van der Waals surface area contributed by atoms with E-state index in [1.165, 1.54) is 44.3 Å². The third-order valence-electron chi connectivity index (χ3n) is 6.45. The molecule has 1 N–H and O–H groups in total. The van der Waals surface area contributed by atoms with Gasteiger partial charge in [-0.1, -0.05) is 12.1 Å². The normalized spacial score (nSPS) is 25.5. The van der Waals surface area contributed by atoms with Crippen LogP contribution in [0.5, 0.6) is 5.75 Å². The molecule has 0 radical (unpaired) electrons. The van der Waals surface area contributed by atoms with Crippen LogP contribution in [0.1, 0.15) is 31.2 Å². The Labute approximate surface area is 181 Å². The maximum Gasteiger partial charge on any atom is 0.119 e. The second kappa shape index (κ2) is 11.0. The molecule has 3 heterocycles. The number of rotatable bonds is 4. The van der Waals surface area contributed by atoms with Crippen LogP contribution in [-0.2, 0) is 11.3 Å². The molecule has 1 spiro atoms. The Hall–Kier alpha value is -0.560. The van der Waals surface area contributed by atoms with Crippen molar-refractivity contribution in [2.24, 2.45) is 0 Å². The highest BCUT2D eigenvalue weighted by Crippen LogP contribution is 2.35. The lowest BCUT2D eigenvalue weighted by Crippen LogP contribution is -2.56. The topological polar surface area (TPSA) is 37.0 Å². The van der Waals surface area contributed by atoms with Crippen molar-refractivity contribution in [2.45, 2.75) is 43.9 Å². The van der Waals surface area contributed by atoms with Crippen LogP contribution in [0.2, 0.25) is 0 Å². The minimum absolute atomic E-state index is 0. The highest BCUT2D eigenvalue weighted by Gasteiger charge is 2.40. The zero-order valence-electron chi connectivity index (χ0n) is 16.9. The third-order valence-corrected chi connectivity index (χ3v) is 6.45. The van der Waals surface area contributed by atoms with E-state index < -0.39 is 0 Å². The van der Waals surface area contributed by atoms with Gasteiger partial charge in [0.15, 0.2) is 0 Å². The van der Waals surface area contributed by atoms with E-state index in [1.54, 1.807) is 7.11 Å². The fourth-order valence-electron chi connectivity index (χ4n) is 4.86. The molecule has 0 saturated carbocycles. The maximum absolute atomic E-state index is 6.26. The van der Waals surface area contributed by atoms with Gasteiger partial charge in [0, 0.05) is 45.4 Å². The monoisotopic (exact) mass is 431 g/mol. The summed E-state index contributed by atoms with van der Waals surface area (Å²) in [4.78, 5) is 5.30. The Morgan fingerprint density at radius 3 is 2.61 bits per heavy atom. The van der Waals surface area contributed by atoms with Crippen molar-refractivity contribution in [1.29, 1.82) is 0 Å². The average Bonchev–Trinajstić information content (AvgIpc) is 2.69. The number of nitrogens with one attached hydrogen (secondary N) is 1. The van der Waals surface area contributed by atoms with E-state index in [0.29, 0.717) is 6.04 Å². The summed E-state index contributed by atoms with van der Waals surface area (Å²) in [5.74, 6) is 0.954. The molecule has 28 heavy (non-hydrogen) atoms. The molecule has 3 aliphatic heterocycles. The molecule has 3 fully saturated rings. The van der Waals surface area contributed by atoms with E-state index in [1.807, 2.05) is 6.07 Å². The molecule has 7 heteroatoms. The van der Waals surface area contributed by atoms with Crippen LogP contribution in [0.3, 0.4) is 0 Å². The Bertz CT molecular complexity index is 585. The zero-order valence-corrected chi connectivity index (χ0v) is 18.5. The molecule has 5 nitrogen and oxygen atoms in total. The molecule has 1 aromatic carbocycles. The van der Waals surface area contributed by atoms with Gasteiger partial charge in [0.05, 0.1) is 12.7 Å². The van der Waals surface area contributed by atoms with Gasteiger partial charge < -0.3 is 14.8 Å². The van der Waals surface area contributed by atoms with Gasteiger partial charge in [0.25, 0.3) is 0 Å². The summed E-state index contributed by atoms with van der Waals surface area (Å²) in [5.41, 5.74) is 1.50. The fourth-order valence-corrected chi connectivity index (χ4v) is 4.86. The lowest BCUT2D eigenvalue weighted by Gasteiger charge is -2.48. The first-order chi connectivity index (χ1) is 12.8. The van der Waals surface area contributed by atoms with E-state index in [2.05, 4.69) is 33.3 Å². The quantitative estimate of drug-likeness (QED) is 0.792. The smallest absolute Gasteiger partial charge is 0.119 e. The number of methoxy groups -OCH3 is 1. The lowest BCUT2D eigenvalue weighted by molar-refractivity contribution is -0.123. The number of piperazine rings is 1. The molecule has 3 saturated heterocycles. The van der Waals surface area contributed by atoms with E-state index >= 15 is 0 Å². The minimum Gasteiger partial charge on any atom is -0.497 e. The summed E-state index contributed by atoms with van der Waals surface area (Å²) in [5, 5.41) is 3.48. The van der Waals surface area contributed by atoms with Gasteiger partial charge in [-0.3, -0.25) is 9.80 Å². The van der Waals surface area contributed by atoms with E-state index in [9.17, 15) is 0 Å². The predicted octanol–water partition coefficient (Wildman–Crippen LogP) is 2.96. The first kappa shape index (κ1) is 23.7. The fraction of sp³-hybridized carbons (Fsp3) is 0.714. The number of nitrogens with zero attached hydrogens (tertiary/aromatic N) is 2. The molecule has 0 amide bonds. The molecule has 0 aromatic heterocycles. The molecule has 1 atom stereocenters. The van der Waals surface area contributed by atoms with Gasteiger partial charge in [-0.25, -0.2) is 0 Å². The molecule has 1 unspecified atom stereocenters. The summed E-state index contributed by atoms with van der Waals surface area (Å²) < 4.78 is 11.6. The zero-order chi connectivity index (χ0) is 17.8. The highest BCUT2D eigenvalue weighted by atomic mass is 35.5.